The Bertz CT molecular complexity index is 1200. The third kappa shape index (κ3) is 8.54. The van der Waals surface area contributed by atoms with Crippen LogP contribution in [0.3, 0.4) is 0 Å². The minimum atomic E-state index is -0.306. The van der Waals surface area contributed by atoms with E-state index in [-0.39, 0.29) is 45.0 Å². The summed E-state index contributed by atoms with van der Waals surface area (Å²) in [5.74, 6) is 1.76. The van der Waals surface area contributed by atoms with Crippen LogP contribution in [0.15, 0.2) is 0 Å². The lowest BCUT2D eigenvalue weighted by Gasteiger charge is -2.66. The van der Waals surface area contributed by atoms with Gasteiger partial charge in [-0.2, -0.15) is 0 Å². The number of piperidine rings is 3. The highest BCUT2D eigenvalue weighted by Gasteiger charge is 2.64. The molecule has 0 aromatic carbocycles. The maximum Gasteiger partial charge on any atom is 0.312 e. The van der Waals surface area contributed by atoms with Gasteiger partial charge in [-0.25, -0.2) is 0 Å². The maximum atomic E-state index is 13.8. The van der Waals surface area contributed by atoms with E-state index in [1.807, 2.05) is 0 Å². The Morgan fingerprint density at radius 2 is 1.10 bits per heavy atom. The van der Waals surface area contributed by atoms with Gasteiger partial charge in [0.15, 0.2) is 0 Å². The van der Waals surface area contributed by atoms with Gasteiger partial charge in [0.25, 0.3) is 0 Å². The van der Waals surface area contributed by atoms with Crippen LogP contribution in [0.5, 0.6) is 0 Å². The molecule has 0 aromatic heterocycles. The van der Waals surface area contributed by atoms with Crippen LogP contribution >= 0.6 is 0 Å². The molecule has 0 aromatic rings. The molecule has 10 rings (SSSR count). The van der Waals surface area contributed by atoms with Crippen molar-refractivity contribution in [1.82, 2.24) is 4.90 Å². The van der Waals surface area contributed by atoms with Gasteiger partial charge in [0, 0.05) is 22.7 Å². The lowest BCUT2D eigenvalue weighted by Crippen LogP contribution is -2.61. The number of carbonyl (C=O) groups is 3. The number of rotatable bonds is 19. The molecule has 7 aliphatic carbocycles. The van der Waals surface area contributed by atoms with E-state index in [0.29, 0.717) is 44.5 Å². The fraction of sp³-hybridized carbons (Fsp3) is 0.932. The van der Waals surface area contributed by atoms with E-state index < -0.39 is 0 Å². The summed E-state index contributed by atoms with van der Waals surface area (Å²) in [6, 6.07) is 0. The predicted octanol–water partition coefficient (Wildman–Crippen LogP) is 9.59. The average Bonchev–Trinajstić information content (AvgIpc) is 3.13. The fourth-order valence-electron chi connectivity index (χ4n) is 13.5. The standard InChI is InChI=1S/C44H71NO6/c1-3-5-7-9-35(10-8-6-4-2)23-37(46)49-31-41-24-36-25-42(28-41,32-50-38(47)27-40-14-11-34(12-15-40)13-16-40)30-43(26-36,29-41)33-51-39(48)44-17-20-45(21-18-44)22-19-44/h34-36H,3-33H2,1-2H3/t34?,36-,40?,41-,42+,43-/m1/s1. The number of carbonyl (C=O) groups excluding carboxylic acids is 3. The van der Waals surface area contributed by atoms with Crippen LogP contribution in [0, 0.1) is 44.8 Å². The molecule has 51 heavy (non-hydrogen) atoms. The Hall–Kier alpha value is -1.63. The number of ether oxygens (including phenoxy) is 3. The van der Waals surface area contributed by atoms with Crippen LogP contribution in [0.1, 0.15) is 174 Å². The smallest absolute Gasteiger partial charge is 0.312 e. The highest BCUT2D eigenvalue weighted by atomic mass is 16.5. The first-order valence-corrected chi connectivity index (χ1v) is 21.8. The van der Waals surface area contributed by atoms with Gasteiger partial charge < -0.3 is 19.1 Å². The first-order valence-electron chi connectivity index (χ1n) is 21.8. The van der Waals surface area contributed by atoms with Crippen molar-refractivity contribution in [2.24, 2.45) is 44.8 Å². The molecule has 0 N–H and O–H groups in total. The van der Waals surface area contributed by atoms with E-state index in [1.165, 1.54) is 77.0 Å². The Morgan fingerprint density at radius 3 is 1.61 bits per heavy atom. The van der Waals surface area contributed by atoms with E-state index in [4.69, 9.17) is 14.2 Å². The maximum absolute atomic E-state index is 13.8. The normalized spacial score (nSPS) is 39.0. The van der Waals surface area contributed by atoms with Crippen LogP contribution < -0.4 is 0 Å². The van der Waals surface area contributed by atoms with Crippen molar-refractivity contribution in [3.8, 4) is 0 Å². The van der Waals surface area contributed by atoms with Crippen molar-refractivity contribution in [2.45, 2.75) is 174 Å². The monoisotopic (exact) mass is 710 g/mol. The van der Waals surface area contributed by atoms with Gasteiger partial charge in [-0.1, -0.05) is 52.4 Å². The molecule has 8 bridgehead atoms. The molecule has 0 amide bonds. The minimum Gasteiger partial charge on any atom is -0.465 e. The number of esters is 3. The SMILES string of the molecule is CCCCCC(CCCCC)CC(=O)OC[C@]12C[C@@H]3C[C@](COC(=O)CC45CCC(CC4)CC5)(C1)C[C@@](COC(=O)C14CCN(CC1)CC4)(C3)C2. The number of hydrogen-bond donors (Lipinski definition) is 0. The van der Waals surface area contributed by atoms with Crippen molar-refractivity contribution >= 4 is 17.9 Å². The predicted molar refractivity (Wildman–Crippen MR) is 199 cm³/mol. The molecule has 0 radical (unpaired) electrons. The molecule has 7 saturated carbocycles. The van der Waals surface area contributed by atoms with Gasteiger partial charge in [-0.15, -0.1) is 0 Å². The first-order chi connectivity index (χ1) is 24.6. The largest absolute Gasteiger partial charge is 0.465 e. The van der Waals surface area contributed by atoms with Gasteiger partial charge >= 0.3 is 17.9 Å². The second-order valence-electron chi connectivity index (χ2n) is 20.0. The van der Waals surface area contributed by atoms with Crippen molar-refractivity contribution < 1.29 is 28.6 Å². The summed E-state index contributed by atoms with van der Waals surface area (Å²) in [5, 5.41) is 0. The molecule has 3 heterocycles. The molecular weight excluding hydrogens is 638 g/mol. The summed E-state index contributed by atoms with van der Waals surface area (Å²) in [6.07, 6.45) is 26.7. The van der Waals surface area contributed by atoms with Gasteiger partial charge in [0.1, 0.15) is 0 Å². The summed E-state index contributed by atoms with van der Waals surface area (Å²) in [7, 11) is 0. The fourth-order valence-corrected chi connectivity index (χ4v) is 13.5. The Morgan fingerprint density at radius 1 is 0.608 bits per heavy atom. The highest BCUT2D eigenvalue weighted by Crippen LogP contribution is 2.70. The van der Waals surface area contributed by atoms with E-state index in [2.05, 4.69) is 18.7 Å². The molecule has 3 saturated heterocycles. The lowest BCUT2D eigenvalue weighted by atomic mass is 9.40. The zero-order valence-corrected chi connectivity index (χ0v) is 32.5. The van der Waals surface area contributed by atoms with Crippen LogP contribution in [0.2, 0.25) is 0 Å². The summed E-state index contributed by atoms with van der Waals surface area (Å²) < 4.78 is 19.1. The molecule has 10 fully saturated rings. The zero-order valence-electron chi connectivity index (χ0n) is 32.5. The molecule has 4 atom stereocenters. The summed E-state index contributed by atoms with van der Waals surface area (Å²) in [4.78, 5) is 43.4. The Labute approximate surface area is 309 Å². The number of unbranched alkanes of at least 4 members (excludes halogenated alkanes) is 4. The molecule has 3 aliphatic heterocycles. The van der Waals surface area contributed by atoms with Crippen LogP contribution in [0.4, 0.5) is 0 Å². The second-order valence-corrected chi connectivity index (χ2v) is 20.0. The van der Waals surface area contributed by atoms with Crippen molar-refractivity contribution in [3.63, 3.8) is 0 Å². The van der Waals surface area contributed by atoms with E-state index in [0.717, 1.165) is 96.2 Å². The Balaban J connectivity index is 1.03. The second kappa shape index (κ2) is 15.6. The number of hydrogen-bond acceptors (Lipinski definition) is 7. The molecule has 0 spiro atoms. The quantitative estimate of drug-likeness (QED) is 0.0751. The molecule has 288 valence electrons. The number of fused-ring (bicyclic) bond motifs is 6. The molecule has 7 nitrogen and oxygen atoms in total. The van der Waals surface area contributed by atoms with Crippen molar-refractivity contribution in [1.29, 1.82) is 0 Å². The van der Waals surface area contributed by atoms with Gasteiger partial charge in [0.2, 0.25) is 0 Å². The van der Waals surface area contributed by atoms with Crippen molar-refractivity contribution in [2.75, 3.05) is 39.5 Å². The first kappa shape index (κ1) is 37.7. The van der Waals surface area contributed by atoms with E-state index >= 15 is 0 Å². The Kier molecular flexibility index (Phi) is 11.5. The average molecular weight is 710 g/mol. The van der Waals surface area contributed by atoms with E-state index in [1.54, 1.807) is 0 Å². The molecule has 10 aliphatic rings. The highest BCUT2D eigenvalue weighted by molar-refractivity contribution is 5.77. The topological polar surface area (TPSA) is 82.1 Å². The third-order valence-corrected chi connectivity index (χ3v) is 15.8. The van der Waals surface area contributed by atoms with Gasteiger partial charge in [-0.05, 0) is 152 Å². The summed E-state index contributed by atoms with van der Waals surface area (Å²) in [6.45, 7) is 8.87. The summed E-state index contributed by atoms with van der Waals surface area (Å²) >= 11 is 0. The molecule has 0 unspecified atom stereocenters. The third-order valence-electron chi connectivity index (χ3n) is 15.8. The van der Waals surface area contributed by atoms with Gasteiger partial charge in [0.05, 0.1) is 31.7 Å². The number of nitrogens with zero attached hydrogens (tertiary/aromatic N) is 1. The van der Waals surface area contributed by atoms with Crippen LogP contribution in [0.25, 0.3) is 0 Å². The van der Waals surface area contributed by atoms with Crippen LogP contribution in [-0.2, 0) is 28.6 Å². The lowest BCUT2D eigenvalue weighted by molar-refractivity contribution is -0.216. The molecular formula is C44H71NO6. The van der Waals surface area contributed by atoms with E-state index in [9.17, 15) is 14.4 Å². The summed E-state index contributed by atoms with van der Waals surface area (Å²) in [5.41, 5.74) is -0.545. The van der Waals surface area contributed by atoms with Crippen LogP contribution in [-0.4, -0.2) is 62.3 Å². The zero-order chi connectivity index (χ0) is 35.6. The minimum absolute atomic E-state index is 0.00743. The molecule has 7 heteroatoms. The van der Waals surface area contributed by atoms with Crippen molar-refractivity contribution in [3.05, 3.63) is 0 Å². The van der Waals surface area contributed by atoms with Gasteiger partial charge in [-0.3, -0.25) is 14.4 Å².